The largest absolute Gasteiger partial charge is 1.00 e. The van der Waals surface area contributed by atoms with Crippen molar-refractivity contribution in [3.05, 3.63) is 41.0 Å². The van der Waals surface area contributed by atoms with Gasteiger partial charge in [-0.1, -0.05) is 0 Å². The van der Waals surface area contributed by atoms with Gasteiger partial charge in [0.1, 0.15) is 37.5 Å². The van der Waals surface area contributed by atoms with Crippen molar-refractivity contribution in [2.75, 3.05) is 7.11 Å². The summed E-state index contributed by atoms with van der Waals surface area (Å²) in [6, 6.07) is 2.29. The van der Waals surface area contributed by atoms with Gasteiger partial charge in [-0.2, -0.15) is 0 Å². The first-order chi connectivity index (χ1) is 12.8. The molecular weight excluding hydrogens is 466 g/mol. The summed E-state index contributed by atoms with van der Waals surface area (Å²) in [6.07, 6.45) is 0. The zero-order valence-corrected chi connectivity index (χ0v) is 21.6. The first kappa shape index (κ1) is 29.3. The van der Waals surface area contributed by atoms with E-state index in [0.29, 0.717) is 24.3 Å². The number of aliphatic hydroxyl groups excluding tert-OH is 1. The second-order valence-electron chi connectivity index (χ2n) is 5.39. The van der Waals surface area contributed by atoms with Crippen molar-refractivity contribution in [2.24, 2.45) is 0 Å². The molecule has 0 aliphatic rings. The Balaban J connectivity index is 0.00000420. The molecule has 0 aliphatic carbocycles. The predicted molar refractivity (Wildman–Crippen MR) is 88.0 cm³/mol. The van der Waals surface area contributed by atoms with E-state index in [9.17, 15) is 40.9 Å². The normalized spacial score (nSPS) is 11.2. The standard InChI is InChI=1S/C15H14O11S2.2Na/c1-26-12-5-11(18)9(4-14(12)28(23,24)25)15(19)8-3-13(27(20,21)22)7(6-16)2-10(8)17;;/h2-5,16-18H,6H2,1H3,(H,20,21,22)(H,23,24,25);;/q;2*+1/p-2. The molecule has 0 bridgehead atoms. The number of ether oxygens (including phenoxy) is 1. The first-order valence-corrected chi connectivity index (χ1v) is 9.97. The van der Waals surface area contributed by atoms with Crippen LogP contribution in [-0.4, -0.2) is 54.2 Å². The van der Waals surface area contributed by atoms with Crippen LogP contribution in [0.25, 0.3) is 0 Å². The fourth-order valence-corrected chi connectivity index (χ4v) is 3.74. The third kappa shape index (κ3) is 6.17. The Morgan fingerprint density at radius 3 is 1.73 bits per heavy atom. The molecular formula is C15H12Na2O11S2. The summed E-state index contributed by atoms with van der Waals surface area (Å²) in [7, 11) is -9.28. The van der Waals surface area contributed by atoms with Crippen molar-refractivity contribution >= 4 is 26.0 Å². The van der Waals surface area contributed by atoms with E-state index in [1.54, 1.807) is 0 Å². The summed E-state index contributed by atoms with van der Waals surface area (Å²) in [5.41, 5.74) is -2.05. The molecule has 2 aromatic carbocycles. The molecule has 0 radical (unpaired) electrons. The van der Waals surface area contributed by atoms with Crippen LogP contribution in [0.5, 0.6) is 17.2 Å². The van der Waals surface area contributed by atoms with Gasteiger partial charge in [0.25, 0.3) is 0 Å². The molecule has 152 valence electrons. The van der Waals surface area contributed by atoms with Gasteiger partial charge in [0.2, 0.25) is 5.78 Å². The van der Waals surface area contributed by atoms with Crippen molar-refractivity contribution in [3.8, 4) is 17.2 Å². The van der Waals surface area contributed by atoms with Crippen LogP contribution in [-0.2, 0) is 26.8 Å². The van der Waals surface area contributed by atoms with Crippen molar-refractivity contribution in [1.29, 1.82) is 0 Å². The van der Waals surface area contributed by atoms with Crippen LogP contribution < -0.4 is 63.9 Å². The van der Waals surface area contributed by atoms with Gasteiger partial charge < -0.3 is 29.2 Å². The Hall–Kier alpha value is -0.710. The second-order valence-corrected chi connectivity index (χ2v) is 8.09. The van der Waals surface area contributed by atoms with Crippen molar-refractivity contribution < 1.29 is 110 Å². The van der Waals surface area contributed by atoms with Crippen LogP contribution in [0.4, 0.5) is 0 Å². The molecule has 11 nitrogen and oxygen atoms in total. The van der Waals surface area contributed by atoms with Crippen LogP contribution in [0.1, 0.15) is 21.5 Å². The number of methoxy groups -OCH3 is 1. The van der Waals surface area contributed by atoms with Gasteiger partial charge in [0, 0.05) is 6.07 Å². The van der Waals surface area contributed by atoms with E-state index in [1.807, 2.05) is 0 Å². The van der Waals surface area contributed by atoms with Crippen LogP contribution in [0.15, 0.2) is 34.1 Å². The number of hydrogen-bond donors (Lipinski definition) is 3. The fourth-order valence-electron chi connectivity index (χ4n) is 2.38. The van der Waals surface area contributed by atoms with E-state index in [2.05, 4.69) is 4.74 Å². The topological polar surface area (TPSA) is 201 Å². The Kier molecular flexibility index (Phi) is 10.5. The monoisotopic (exact) mass is 478 g/mol. The maximum absolute atomic E-state index is 12.6. The third-order valence-corrected chi connectivity index (χ3v) is 5.44. The molecule has 0 aromatic heterocycles. The molecule has 0 fully saturated rings. The Labute approximate surface area is 215 Å². The predicted octanol–water partition coefficient (Wildman–Crippen LogP) is -6.35. The van der Waals surface area contributed by atoms with Gasteiger partial charge in [0.15, 0.2) is 0 Å². The van der Waals surface area contributed by atoms with E-state index in [0.717, 1.165) is 7.11 Å². The number of ketones is 1. The summed E-state index contributed by atoms with van der Waals surface area (Å²) >= 11 is 0. The number of phenols is 2. The van der Waals surface area contributed by atoms with E-state index < -0.39 is 76.4 Å². The molecule has 0 spiro atoms. The molecule has 2 rings (SSSR count). The number of rotatable bonds is 6. The number of hydrogen-bond acceptors (Lipinski definition) is 11. The van der Waals surface area contributed by atoms with Gasteiger partial charge in [0.05, 0.1) is 34.6 Å². The summed E-state index contributed by atoms with van der Waals surface area (Å²) in [6.45, 7) is -0.939. The number of aliphatic hydroxyl groups is 1. The average molecular weight is 478 g/mol. The van der Waals surface area contributed by atoms with Gasteiger partial charge in [-0.3, -0.25) is 4.79 Å². The number of carbonyl (C=O) groups excluding carboxylic acids is 1. The molecule has 0 saturated heterocycles. The fraction of sp³-hybridized carbons (Fsp3) is 0.133. The summed E-state index contributed by atoms with van der Waals surface area (Å²) in [5.74, 6) is -3.54. The van der Waals surface area contributed by atoms with Crippen LogP contribution in [0.3, 0.4) is 0 Å². The smallest absolute Gasteiger partial charge is 0.744 e. The Bertz CT molecular complexity index is 1080. The molecule has 2 aromatic rings. The van der Waals surface area contributed by atoms with Crippen molar-refractivity contribution in [3.63, 3.8) is 0 Å². The van der Waals surface area contributed by atoms with E-state index >= 15 is 0 Å². The average Bonchev–Trinajstić information content (AvgIpc) is 2.58. The number of aromatic hydroxyl groups is 2. The van der Waals surface area contributed by atoms with E-state index in [1.165, 1.54) is 0 Å². The summed E-state index contributed by atoms with van der Waals surface area (Å²) < 4.78 is 72.7. The zero-order valence-electron chi connectivity index (χ0n) is 15.9. The number of benzene rings is 2. The third-order valence-electron chi connectivity index (χ3n) is 3.66. The Morgan fingerprint density at radius 2 is 1.33 bits per heavy atom. The maximum Gasteiger partial charge on any atom is 1.00 e. The summed E-state index contributed by atoms with van der Waals surface area (Å²) in [4.78, 5) is 10.6. The molecule has 15 heteroatoms. The molecule has 0 amide bonds. The van der Waals surface area contributed by atoms with Gasteiger partial charge in [-0.25, -0.2) is 16.8 Å². The maximum atomic E-state index is 12.6. The molecule has 0 saturated carbocycles. The minimum atomic E-state index is -5.15. The summed E-state index contributed by atoms with van der Waals surface area (Å²) in [5, 5.41) is 29.0. The van der Waals surface area contributed by atoms with E-state index in [4.69, 9.17) is 5.11 Å². The molecule has 30 heavy (non-hydrogen) atoms. The van der Waals surface area contributed by atoms with E-state index in [-0.39, 0.29) is 59.1 Å². The molecule has 0 unspecified atom stereocenters. The molecule has 0 aliphatic heterocycles. The van der Waals surface area contributed by atoms with Crippen LogP contribution in [0.2, 0.25) is 0 Å². The van der Waals surface area contributed by atoms with Gasteiger partial charge in [-0.15, -0.1) is 0 Å². The van der Waals surface area contributed by atoms with Crippen LogP contribution >= 0.6 is 0 Å². The number of carbonyl (C=O) groups is 1. The molecule has 3 N–H and O–H groups in total. The molecule has 0 heterocycles. The van der Waals surface area contributed by atoms with Crippen molar-refractivity contribution in [1.82, 2.24) is 0 Å². The minimum Gasteiger partial charge on any atom is -0.744 e. The second kappa shape index (κ2) is 10.7. The number of phenolic OH excluding ortho intramolecular Hbond substituents is 2. The van der Waals surface area contributed by atoms with Gasteiger partial charge >= 0.3 is 59.1 Å². The Morgan fingerprint density at radius 1 is 0.900 bits per heavy atom. The van der Waals surface area contributed by atoms with Crippen molar-refractivity contribution in [2.45, 2.75) is 16.4 Å². The first-order valence-electron chi connectivity index (χ1n) is 7.15. The minimum absolute atomic E-state index is 0. The quantitative estimate of drug-likeness (QED) is 0.202. The molecule has 0 atom stereocenters. The van der Waals surface area contributed by atoms with Crippen LogP contribution in [0, 0.1) is 0 Å². The SMILES string of the molecule is COc1cc(O)c(C(=O)c2cc(S(=O)(=O)[O-])c(CO)cc2O)cc1S(=O)(=O)[O-].[Na+].[Na+]. The zero-order chi connectivity index (χ0) is 21.4. The van der Waals surface area contributed by atoms with Gasteiger partial charge in [-0.05, 0) is 23.8 Å².